The van der Waals surface area contributed by atoms with Gasteiger partial charge in [-0.2, -0.15) is 0 Å². The Hall–Kier alpha value is -1.60. The van der Waals surface area contributed by atoms with Crippen molar-refractivity contribution in [1.82, 2.24) is 20.0 Å². The molecule has 1 aromatic heterocycles. The summed E-state index contributed by atoms with van der Waals surface area (Å²) in [7, 11) is 3.99. The maximum absolute atomic E-state index is 12.6. The van der Waals surface area contributed by atoms with Crippen LogP contribution in [0.3, 0.4) is 0 Å². The highest BCUT2D eigenvalue weighted by atomic mass is 32.1. The number of carbonyl (C=O) groups excluding carboxylic acids is 2. The van der Waals surface area contributed by atoms with Gasteiger partial charge in [-0.05, 0) is 31.3 Å². The molecule has 1 N–H and O–H groups in total. The normalized spacial score (nSPS) is 25.8. The minimum atomic E-state index is -0.0844. The van der Waals surface area contributed by atoms with E-state index in [0.717, 1.165) is 37.4 Å². The van der Waals surface area contributed by atoms with E-state index in [-0.39, 0.29) is 17.5 Å². The third kappa shape index (κ3) is 3.57. The van der Waals surface area contributed by atoms with Gasteiger partial charge in [-0.25, -0.2) is 4.79 Å². The van der Waals surface area contributed by atoms with Crippen LogP contribution in [0.2, 0.25) is 0 Å². The molecule has 3 heterocycles. The van der Waals surface area contributed by atoms with Crippen LogP contribution in [0.1, 0.15) is 24.1 Å². The molecule has 0 saturated carbocycles. The number of hydrogen-bond acceptors (Lipinski definition) is 4. The molecule has 2 aliphatic heterocycles. The van der Waals surface area contributed by atoms with E-state index in [4.69, 9.17) is 0 Å². The standard InChI is InChI=1S/C17H26N4O2S/c1-19-8-7-17(6-5-15(19)22)13-21(10-9-20(17)2)16(23)18-12-14-4-3-11-24-14/h3-4,11H,5-10,12-13H2,1-2H3,(H,18,23)/t17-/m1/s1. The molecular weight excluding hydrogens is 324 g/mol. The molecule has 2 fully saturated rings. The number of likely N-dealkylation sites (tertiary alicyclic amines) is 1. The summed E-state index contributed by atoms with van der Waals surface area (Å²) in [6, 6.07) is 4.03. The lowest BCUT2D eigenvalue weighted by Crippen LogP contribution is -2.63. The van der Waals surface area contributed by atoms with Gasteiger partial charge in [0.05, 0.1) is 6.54 Å². The van der Waals surface area contributed by atoms with E-state index < -0.39 is 0 Å². The van der Waals surface area contributed by atoms with E-state index >= 15 is 0 Å². The van der Waals surface area contributed by atoms with Crippen LogP contribution in [0.15, 0.2) is 17.5 Å². The molecule has 132 valence electrons. The molecule has 7 heteroatoms. The van der Waals surface area contributed by atoms with Crippen LogP contribution in [0.25, 0.3) is 0 Å². The predicted octanol–water partition coefficient (Wildman–Crippen LogP) is 1.59. The van der Waals surface area contributed by atoms with E-state index in [1.807, 2.05) is 34.4 Å². The second-order valence-corrected chi connectivity index (χ2v) is 7.90. The average Bonchev–Trinajstić information content (AvgIpc) is 3.06. The molecule has 3 rings (SSSR count). The molecule has 0 radical (unpaired) electrons. The maximum atomic E-state index is 12.6. The highest BCUT2D eigenvalue weighted by Crippen LogP contribution is 2.31. The molecule has 3 amide bonds. The molecule has 2 saturated heterocycles. The first-order valence-corrected chi connectivity index (χ1v) is 9.38. The lowest BCUT2D eigenvalue weighted by molar-refractivity contribution is -0.129. The van der Waals surface area contributed by atoms with Crippen LogP contribution in [0.5, 0.6) is 0 Å². The number of likely N-dealkylation sites (N-methyl/N-ethyl adjacent to an activating group) is 1. The fraction of sp³-hybridized carbons (Fsp3) is 0.647. The molecule has 2 aliphatic rings. The summed E-state index contributed by atoms with van der Waals surface area (Å²) in [6.07, 6.45) is 2.30. The Kier molecular flexibility index (Phi) is 5.10. The van der Waals surface area contributed by atoms with Crippen LogP contribution in [-0.4, -0.2) is 72.5 Å². The Balaban J connectivity index is 1.64. The van der Waals surface area contributed by atoms with E-state index in [9.17, 15) is 9.59 Å². The van der Waals surface area contributed by atoms with Crippen molar-refractivity contribution < 1.29 is 9.59 Å². The number of carbonyl (C=O) groups is 2. The summed E-state index contributed by atoms with van der Waals surface area (Å²) < 4.78 is 0. The average molecular weight is 350 g/mol. The zero-order valence-electron chi connectivity index (χ0n) is 14.5. The van der Waals surface area contributed by atoms with Gasteiger partial charge in [0.2, 0.25) is 5.91 Å². The second-order valence-electron chi connectivity index (χ2n) is 6.87. The van der Waals surface area contributed by atoms with Crippen molar-refractivity contribution >= 4 is 23.3 Å². The van der Waals surface area contributed by atoms with Crippen LogP contribution >= 0.6 is 11.3 Å². The number of nitrogens with one attached hydrogen (secondary N) is 1. The molecule has 0 aliphatic carbocycles. The van der Waals surface area contributed by atoms with Gasteiger partial charge in [0, 0.05) is 50.1 Å². The first-order valence-electron chi connectivity index (χ1n) is 8.50. The predicted molar refractivity (Wildman–Crippen MR) is 95.0 cm³/mol. The molecule has 0 unspecified atom stereocenters. The summed E-state index contributed by atoms with van der Waals surface area (Å²) in [4.78, 5) is 31.8. The fourth-order valence-electron chi connectivity index (χ4n) is 3.62. The molecule has 1 aromatic rings. The zero-order valence-corrected chi connectivity index (χ0v) is 15.3. The number of hydrogen-bond donors (Lipinski definition) is 1. The Labute approximate surface area is 147 Å². The third-order valence-electron chi connectivity index (χ3n) is 5.42. The minimum absolute atomic E-state index is 0.000182. The van der Waals surface area contributed by atoms with Crippen molar-refractivity contribution in [2.45, 2.75) is 31.3 Å². The highest BCUT2D eigenvalue weighted by Gasteiger charge is 2.42. The van der Waals surface area contributed by atoms with Crippen molar-refractivity contribution in [3.63, 3.8) is 0 Å². The summed E-state index contributed by atoms with van der Waals surface area (Å²) in [5.74, 6) is 0.208. The Bertz CT molecular complexity index is 591. The summed E-state index contributed by atoms with van der Waals surface area (Å²) in [5, 5.41) is 5.05. The zero-order chi connectivity index (χ0) is 17.2. The van der Waals surface area contributed by atoms with Gasteiger partial charge in [0.15, 0.2) is 0 Å². The largest absolute Gasteiger partial charge is 0.346 e. The number of urea groups is 1. The number of nitrogens with zero attached hydrogens (tertiary/aromatic N) is 3. The van der Waals surface area contributed by atoms with E-state index in [1.165, 1.54) is 0 Å². The van der Waals surface area contributed by atoms with Gasteiger partial charge in [-0.1, -0.05) is 6.07 Å². The van der Waals surface area contributed by atoms with Gasteiger partial charge >= 0.3 is 6.03 Å². The van der Waals surface area contributed by atoms with Gasteiger partial charge in [-0.15, -0.1) is 11.3 Å². The molecule has 0 bridgehead atoms. The summed E-state index contributed by atoms with van der Waals surface area (Å²) in [6.45, 7) is 3.62. The maximum Gasteiger partial charge on any atom is 0.317 e. The lowest BCUT2D eigenvalue weighted by Gasteiger charge is -2.49. The Morgan fingerprint density at radius 3 is 2.88 bits per heavy atom. The smallest absolute Gasteiger partial charge is 0.317 e. The van der Waals surface area contributed by atoms with Crippen molar-refractivity contribution in [2.75, 3.05) is 40.3 Å². The number of amides is 3. The minimum Gasteiger partial charge on any atom is -0.346 e. The van der Waals surface area contributed by atoms with Crippen molar-refractivity contribution in [3.8, 4) is 0 Å². The van der Waals surface area contributed by atoms with E-state index in [0.29, 0.717) is 19.5 Å². The van der Waals surface area contributed by atoms with Gasteiger partial charge in [-0.3, -0.25) is 9.69 Å². The topological polar surface area (TPSA) is 55.9 Å². The number of rotatable bonds is 2. The Morgan fingerprint density at radius 2 is 2.12 bits per heavy atom. The van der Waals surface area contributed by atoms with Crippen LogP contribution in [0.4, 0.5) is 4.79 Å². The number of thiophene rings is 1. The van der Waals surface area contributed by atoms with E-state index in [1.54, 1.807) is 11.3 Å². The van der Waals surface area contributed by atoms with Crippen molar-refractivity contribution in [1.29, 1.82) is 0 Å². The van der Waals surface area contributed by atoms with Gasteiger partial charge in [0.1, 0.15) is 0 Å². The highest BCUT2D eigenvalue weighted by molar-refractivity contribution is 7.09. The second kappa shape index (κ2) is 7.11. The van der Waals surface area contributed by atoms with Crippen molar-refractivity contribution in [2.24, 2.45) is 0 Å². The molecule has 0 aromatic carbocycles. The SMILES string of the molecule is CN1CC[C@]2(CCC1=O)CN(C(=O)NCc1cccs1)CCN2C. The first kappa shape index (κ1) is 17.2. The molecule has 1 atom stereocenters. The summed E-state index contributed by atoms with van der Waals surface area (Å²) >= 11 is 1.65. The Morgan fingerprint density at radius 1 is 1.29 bits per heavy atom. The molecule has 6 nitrogen and oxygen atoms in total. The van der Waals surface area contributed by atoms with Crippen LogP contribution < -0.4 is 5.32 Å². The monoisotopic (exact) mass is 350 g/mol. The van der Waals surface area contributed by atoms with Gasteiger partial charge < -0.3 is 15.1 Å². The molecule has 24 heavy (non-hydrogen) atoms. The van der Waals surface area contributed by atoms with Crippen molar-refractivity contribution in [3.05, 3.63) is 22.4 Å². The van der Waals surface area contributed by atoms with Crippen LogP contribution in [-0.2, 0) is 11.3 Å². The third-order valence-corrected chi connectivity index (χ3v) is 6.30. The first-order chi connectivity index (χ1) is 11.5. The number of piperazine rings is 1. The summed E-state index contributed by atoms with van der Waals surface area (Å²) in [5.41, 5.74) is -0.0844. The molecule has 1 spiro atoms. The molecular formula is C17H26N4O2S. The quantitative estimate of drug-likeness (QED) is 0.881. The lowest BCUT2D eigenvalue weighted by atomic mass is 9.86. The van der Waals surface area contributed by atoms with Crippen LogP contribution in [0, 0.1) is 0 Å². The fourth-order valence-corrected chi connectivity index (χ4v) is 4.26. The van der Waals surface area contributed by atoms with Gasteiger partial charge in [0.25, 0.3) is 0 Å². The van der Waals surface area contributed by atoms with E-state index in [2.05, 4.69) is 17.3 Å².